The summed E-state index contributed by atoms with van der Waals surface area (Å²) in [5.74, 6) is 0.944. The standard InChI is InChI=1S/C15H23NO5S/c1-10-8-15(11(2)21-10)22(18,19)16-6-7-20-9-13(16)12-4-3-5-14(12)17/h8,12-14,17H,3-7,9H2,1-2H3/t12-,13+,14+/m0/s1. The van der Waals surface area contributed by atoms with Gasteiger partial charge in [0.25, 0.3) is 0 Å². The summed E-state index contributed by atoms with van der Waals surface area (Å²) in [6, 6.07) is 1.27. The summed E-state index contributed by atoms with van der Waals surface area (Å²) in [5, 5.41) is 10.2. The van der Waals surface area contributed by atoms with Gasteiger partial charge in [-0.1, -0.05) is 6.42 Å². The van der Waals surface area contributed by atoms with E-state index in [1.54, 1.807) is 19.9 Å². The number of nitrogens with zero attached hydrogens (tertiary/aromatic N) is 1. The molecule has 0 amide bonds. The molecule has 1 N–H and O–H groups in total. The van der Waals surface area contributed by atoms with E-state index in [0.717, 1.165) is 19.3 Å². The lowest BCUT2D eigenvalue weighted by molar-refractivity contribution is -0.0148. The van der Waals surface area contributed by atoms with Gasteiger partial charge in [-0.3, -0.25) is 0 Å². The van der Waals surface area contributed by atoms with E-state index in [2.05, 4.69) is 0 Å². The fourth-order valence-corrected chi connectivity index (χ4v) is 5.51. The number of furan rings is 1. The fourth-order valence-electron chi connectivity index (χ4n) is 3.65. The smallest absolute Gasteiger partial charge is 0.246 e. The third-order valence-electron chi connectivity index (χ3n) is 4.72. The van der Waals surface area contributed by atoms with Gasteiger partial charge >= 0.3 is 0 Å². The van der Waals surface area contributed by atoms with Gasteiger partial charge in [-0.15, -0.1) is 0 Å². The first-order chi connectivity index (χ1) is 10.4. The Labute approximate surface area is 131 Å². The van der Waals surface area contributed by atoms with Crippen LogP contribution in [-0.4, -0.2) is 49.7 Å². The minimum absolute atomic E-state index is 0.0524. The predicted molar refractivity (Wildman–Crippen MR) is 80.0 cm³/mol. The van der Waals surface area contributed by atoms with Crippen LogP contribution in [0.3, 0.4) is 0 Å². The van der Waals surface area contributed by atoms with E-state index in [1.807, 2.05) is 0 Å². The molecule has 0 radical (unpaired) electrons. The molecule has 124 valence electrons. The second-order valence-corrected chi connectivity index (χ2v) is 8.06. The Morgan fingerprint density at radius 3 is 2.68 bits per heavy atom. The Hall–Kier alpha value is -0.890. The van der Waals surface area contributed by atoms with Crippen molar-refractivity contribution in [3.8, 4) is 0 Å². The zero-order valence-electron chi connectivity index (χ0n) is 13.0. The SMILES string of the molecule is Cc1cc(S(=O)(=O)N2CCOC[C@@H]2[C@@H]2CCC[C@H]2O)c(C)o1. The van der Waals surface area contributed by atoms with Crippen molar-refractivity contribution in [1.82, 2.24) is 4.31 Å². The molecule has 22 heavy (non-hydrogen) atoms. The van der Waals surface area contributed by atoms with Gasteiger partial charge in [0.05, 0.1) is 25.4 Å². The Balaban J connectivity index is 1.94. The number of rotatable bonds is 3. The third kappa shape index (κ3) is 2.71. The highest BCUT2D eigenvalue weighted by molar-refractivity contribution is 7.89. The molecule has 2 heterocycles. The minimum atomic E-state index is -3.63. The van der Waals surface area contributed by atoms with Crippen LogP contribution < -0.4 is 0 Å². The Morgan fingerprint density at radius 2 is 2.09 bits per heavy atom. The van der Waals surface area contributed by atoms with E-state index in [-0.39, 0.29) is 16.9 Å². The number of morpholine rings is 1. The molecule has 1 saturated carbocycles. The molecule has 0 spiro atoms. The molecule has 2 aliphatic rings. The highest BCUT2D eigenvalue weighted by atomic mass is 32.2. The summed E-state index contributed by atoms with van der Waals surface area (Å²) in [5.41, 5.74) is 0. The van der Waals surface area contributed by atoms with E-state index in [9.17, 15) is 13.5 Å². The summed E-state index contributed by atoms with van der Waals surface area (Å²) in [6.07, 6.45) is 2.06. The molecule has 7 heteroatoms. The maximum atomic E-state index is 13.0. The van der Waals surface area contributed by atoms with Crippen molar-refractivity contribution in [2.24, 2.45) is 5.92 Å². The number of ether oxygens (including phenoxy) is 1. The molecule has 3 rings (SSSR count). The molecule has 0 bridgehead atoms. The molecule has 6 nitrogen and oxygen atoms in total. The number of aryl methyl sites for hydroxylation is 2. The molecule has 0 unspecified atom stereocenters. The van der Waals surface area contributed by atoms with Gasteiger partial charge in [0.15, 0.2) is 0 Å². The van der Waals surface area contributed by atoms with Crippen LogP contribution >= 0.6 is 0 Å². The average molecular weight is 329 g/mol. The Morgan fingerprint density at radius 1 is 1.32 bits per heavy atom. The zero-order valence-corrected chi connectivity index (χ0v) is 13.8. The summed E-state index contributed by atoms with van der Waals surface area (Å²) in [4.78, 5) is 0.226. The highest BCUT2D eigenvalue weighted by Gasteiger charge is 2.43. The van der Waals surface area contributed by atoms with Crippen LogP contribution in [0.25, 0.3) is 0 Å². The molecule has 1 aromatic rings. The number of hydrogen-bond donors (Lipinski definition) is 1. The minimum Gasteiger partial charge on any atom is -0.465 e. The van der Waals surface area contributed by atoms with Crippen LogP contribution in [0.1, 0.15) is 30.8 Å². The summed E-state index contributed by atoms with van der Waals surface area (Å²) in [7, 11) is -3.63. The lowest BCUT2D eigenvalue weighted by Crippen LogP contribution is -2.53. The lowest BCUT2D eigenvalue weighted by atomic mass is 9.96. The van der Waals surface area contributed by atoms with E-state index >= 15 is 0 Å². The normalized spacial score (nSPS) is 30.8. The van der Waals surface area contributed by atoms with Crippen molar-refractivity contribution >= 4 is 10.0 Å². The van der Waals surface area contributed by atoms with Crippen molar-refractivity contribution in [2.75, 3.05) is 19.8 Å². The lowest BCUT2D eigenvalue weighted by Gasteiger charge is -2.38. The molecule has 1 saturated heterocycles. The van der Waals surface area contributed by atoms with E-state index in [1.165, 1.54) is 4.31 Å². The summed E-state index contributed by atoms with van der Waals surface area (Å²) < 4.78 is 38.4. The summed E-state index contributed by atoms with van der Waals surface area (Å²) in [6.45, 7) is 4.45. The number of aliphatic hydroxyl groups is 1. The molecule has 1 aromatic heterocycles. The molecule has 0 aromatic carbocycles. The largest absolute Gasteiger partial charge is 0.465 e. The van der Waals surface area contributed by atoms with Gasteiger partial charge in [0.2, 0.25) is 10.0 Å². The number of hydrogen-bond acceptors (Lipinski definition) is 5. The fraction of sp³-hybridized carbons (Fsp3) is 0.733. The Kier molecular flexibility index (Phi) is 4.33. The monoisotopic (exact) mass is 329 g/mol. The maximum Gasteiger partial charge on any atom is 0.246 e. The summed E-state index contributed by atoms with van der Waals surface area (Å²) >= 11 is 0. The predicted octanol–water partition coefficient (Wildman–Crippen LogP) is 1.45. The maximum absolute atomic E-state index is 13.0. The average Bonchev–Trinajstić information content (AvgIpc) is 3.04. The van der Waals surface area contributed by atoms with Crippen molar-refractivity contribution in [1.29, 1.82) is 0 Å². The molecular formula is C15H23NO5S. The first-order valence-corrected chi connectivity index (χ1v) is 9.20. The van der Waals surface area contributed by atoms with Gasteiger partial charge in [0, 0.05) is 12.5 Å². The van der Waals surface area contributed by atoms with Crippen LogP contribution in [0.4, 0.5) is 0 Å². The van der Waals surface area contributed by atoms with Gasteiger partial charge in [-0.05, 0) is 32.8 Å². The van der Waals surface area contributed by atoms with E-state index in [0.29, 0.717) is 31.3 Å². The van der Waals surface area contributed by atoms with Crippen molar-refractivity contribution in [3.63, 3.8) is 0 Å². The van der Waals surface area contributed by atoms with Gasteiger partial charge in [-0.2, -0.15) is 4.31 Å². The first-order valence-electron chi connectivity index (χ1n) is 7.76. The second kappa shape index (κ2) is 5.96. The van der Waals surface area contributed by atoms with Crippen molar-refractivity contribution in [3.05, 3.63) is 17.6 Å². The third-order valence-corrected chi connectivity index (χ3v) is 6.75. The van der Waals surface area contributed by atoms with Crippen LogP contribution in [0.2, 0.25) is 0 Å². The number of aliphatic hydroxyl groups excluding tert-OH is 1. The van der Waals surface area contributed by atoms with Crippen LogP contribution in [0, 0.1) is 19.8 Å². The highest BCUT2D eigenvalue weighted by Crippen LogP contribution is 2.35. The molecule has 1 aliphatic carbocycles. The van der Waals surface area contributed by atoms with E-state index in [4.69, 9.17) is 9.15 Å². The van der Waals surface area contributed by atoms with Crippen molar-refractivity contribution < 1.29 is 22.7 Å². The molecular weight excluding hydrogens is 306 g/mol. The molecule has 2 fully saturated rings. The quantitative estimate of drug-likeness (QED) is 0.908. The van der Waals surface area contributed by atoms with Gasteiger partial charge in [0.1, 0.15) is 16.4 Å². The van der Waals surface area contributed by atoms with Crippen molar-refractivity contribution in [2.45, 2.75) is 50.2 Å². The first kappa shape index (κ1) is 16.0. The van der Waals surface area contributed by atoms with Crippen LogP contribution in [0.15, 0.2) is 15.4 Å². The number of sulfonamides is 1. The van der Waals surface area contributed by atoms with Crippen LogP contribution in [-0.2, 0) is 14.8 Å². The van der Waals surface area contributed by atoms with Gasteiger partial charge < -0.3 is 14.3 Å². The van der Waals surface area contributed by atoms with Crippen LogP contribution in [0.5, 0.6) is 0 Å². The Bertz CT molecular complexity index is 638. The zero-order chi connectivity index (χ0) is 15.9. The second-order valence-electron chi connectivity index (χ2n) is 6.20. The molecule has 1 aliphatic heterocycles. The topological polar surface area (TPSA) is 80.0 Å². The van der Waals surface area contributed by atoms with E-state index < -0.39 is 16.1 Å². The van der Waals surface area contributed by atoms with Gasteiger partial charge in [-0.25, -0.2) is 8.42 Å². The molecule has 3 atom stereocenters.